The molecular weight excluding hydrogens is 337 g/mol. The Balaban J connectivity index is 1.75. The molecule has 124 valence electrons. The zero-order valence-corrected chi connectivity index (χ0v) is 14.4. The van der Waals surface area contributed by atoms with Crippen molar-refractivity contribution in [2.45, 2.75) is 13.0 Å². The highest BCUT2D eigenvalue weighted by Crippen LogP contribution is 2.35. The maximum atomic E-state index is 12.3. The average molecular weight is 356 g/mol. The maximum Gasteiger partial charge on any atom is 0.236 e. The van der Waals surface area contributed by atoms with E-state index in [1.165, 1.54) is 0 Å². The lowest BCUT2D eigenvalue weighted by Gasteiger charge is -2.27. The van der Waals surface area contributed by atoms with Gasteiger partial charge < -0.3 is 19.9 Å². The van der Waals surface area contributed by atoms with Crippen LogP contribution in [0.4, 0.5) is 0 Å². The van der Waals surface area contributed by atoms with Crippen molar-refractivity contribution in [1.82, 2.24) is 15.2 Å². The number of nitrogens with zero attached hydrogens (tertiary/aromatic N) is 1. The van der Waals surface area contributed by atoms with Crippen LogP contribution in [0.25, 0.3) is 10.9 Å². The Morgan fingerprint density at radius 2 is 2.26 bits per heavy atom. The van der Waals surface area contributed by atoms with Crippen LogP contribution in [0, 0.1) is 0 Å². The second-order valence-corrected chi connectivity index (χ2v) is 6.39. The Labute approximate surface area is 144 Å². The summed E-state index contributed by atoms with van der Waals surface area (Å²) in [4.78, 5) is 17.5. The van der Waals surface area contributed by atoms with Crippen molar-refractivity contribution in [3.05, 3.63) is 33.4 Å². The van der Waals surface area contributed by atoms with Gasteiger partial charge in [-0.25, -0.2) is 0 Å². The maximum absolute atomic E-state index is 12.3. The number of fused-ring (bicyclic) bond motifs is 3. The molecular formula is C16H19Cl2N3O2. The average Bonchev–Trinajstić information content (AvgIpc) is 2.93. The zero-order chi connectivity index (χ0) is 16.4. The number of carbonyl (C=O) groups is 1. The first-order chi connectivity index (χ1) is 11.1. The van der Waals surface area contributed by atoms with Gasteiger partial charge in [0.1, 0.15) is 0 Å². The molecule has 0 spiro atoms. The van der Waals surface area contributed by atoms with Gasteiger partial charge in [-0.05, 0) is 6.07 Å². The third-order valence-corrected chi connectivity index (χ3v) is 4.96. The normalized spacial score (nSPS) is 14.3. The minimum atomic E-state index is 0.0983. The number of halogens is 2. The second kappa shape index (κ2) is 7.09. The molecule has 1 aromatic carbocycles. The zero-order valence-electron chi connectivity index (χ0n) is 12.9. The number of hydrogen-bond acceptors (Lipinski definition) is 3. The Morgan fingerprint density at radius 3 is 3.04 bits per heavy atom. The van der Waals surface area contributed by atoms with Gasteiger partial charge in [-0.2, -0.15) is 0 Å². The topological polar surface area (TPSA) is 57.4 Å². The predicted molar refractivity (Wildman–Crippen MR) is 92.2 cm³/mol. The van der Waals surface area contributed by atoms with E-state index in [4.69, 9.17) is 27.9 Å². The van der Waals surface area contributed by atoms with Gasteiger partial charge in [0.15, 0.2) is 0 Å². The van der Waals surface area contributed by atoms with Crippen LogP contribution in [-0.2, 0) is 22.5 Å². The fourth-order valence-corrected chi connectivity index (χ4v) is 3.29. The van der Waals surface area contributed by atoms with E-state index in [1.54, 1.807) is 13.2 Å². The van der Waals surface area contributed by atoms with E-state index >= 15 is 0 Å². The number of amides is 1. The van der Waals surface area contributed by atoms with Gasteiger partial charge in [0, 0.05) is 49.8 Å². The van der Waals surface area contributed by atoms with E-state index in [0.29, 0.717) is 42.8 Å². The van der Waals surface area contributed by atoms with Crippen LogP contribution in [0.15, 0.2) is 12.1 Å². The molecule has 0 aliphatic carbocycles. The SMILES string of the molecule is COCCNCC(=O)N1CCc2[nH]c3c(Cl)c(Cl)ccc3c2C1. The van der Waals surface area contributed by atoms with E-state index in [0.717, 1.165) is 28.6 Å². The number of aromatic nitrogens is 1. The van der Waals surface area contributed by atoms with Crippen molar-refractivity contribution >= 4 is 40.0 Å². The molecule has 0 saturated carbocycles. The Kier molecular flexibility index (Phi) is 5.11. The molecule has 0 saturated heterocycles. The van der Waals surface area contributed by atoms with Gasteiger partial charge in [0.2, 0.25) is 5.91 Å². The first-order valence-electron chi connectivity index (χ1n) is 7.56. The van der Waals surface area contributed by atoms with E-state index < -0.39 is 0 Å². The molecule has 0 fully saturated rings. The summed E-state index contributed by atoms with van der Waals surface area (Å²) in [5.74, 6) is 0.0983. The lowest BCUT2D eigenvalue weighted by Crippen LogP contribution is -2.41. The van der Waals surface area contributed by atoms with E-state index in [9.17, 15) is 4.79 Å². The molecule has 1 aromatic heterocycles. The number of benzene rings is 1. The lowest BCUT2D eigenvalue weighted by atomic mass is 10.0. The number of rotatable bonds is 5. The van der Waals surface area contributed by atoms with Crippen LogP contribution in [0.5, 0.6) is 0 Å². The molecule has 1 amide bonds. The van der Waals surface area contributed by atoms with Crippen molar-refractivity contribution in [2.75, 3.05) is 33.4 Å². The summed E-state index contributed by atoms with van der Waals surface area (Å²) in [5.41, 5.74) is 3.13. The largest absolute Gasteiger partial charge is 0.383 e. The molecule has 0 radical (unpaired) electrons. The first kappa shape index (κ1) is 16.6. The number of methoxy groups -OCH3 is 1. The molecule has 0 bridgehead atoms. The minimum absolute atomic E-state index is 0.0983. The molecule has 5 nitrogen and oxygen atoms in total. The molecule has 1 aliphatic heterocycles. The van der Waals surface area contributed by atoms with Crippen LogP contribution in [0.2, 0.25) is 10.0 Å². The molecule has 23 heavy (non-hydrogen) atoms. The van der Waals surface area contributed by atoms with Crippen LogP contribution in [-0.4, -0.2) is 49.1 Å². The molecule has 7 heteroatoms. The van der Waals surface area contributed by atoms with Crippen molar-refractivity contribution in [3.8, 4) is 0 Å². The van der Waals surface area contributed by atoms with Gasteiger partial charge in [-0.1, -0.05) is 29.3 Å². The van der Waals surface area contributed by atoms with Crippen LogP contribution in [0.3, 0.4) is 0 Å². The van der Waals surface area contributed by atoms with Gasteiger partial charge in [-0.3, -0.25) is 4.79 Å². The molecule has 0 unspecified atom stereocenters. The summed E-state index contributed by atoms with van der Waals surface area (Å²) in [6.45, 7) is 2.89. The van der Waals surface area contributed by atoms with Crippen molar-refractivity contribution < 1.29 is 9.53 Å². The smallest absolute Gasteiger partial charge is 0.236 e. The monoisotopic (exact) mass is 355 g/mol. The van der Waals surface area contributed by atoms with Gasteiger partial charge in [0.05, 0.1) is 28.7 Å². The fourth-order valence-electron chi connectivity index (χ4n) is 2.92. The summed E-state index contributed by atoms with van der Waals surface area (Å²) in [5, 5.41) is 5.21. The molecule has 2 heterocycles. The van der Waals surface area contributed by atoms with Crippen LogP contribution >= 0.6 is 23.2 Å². The molecule has 0 atom stereocenters. The molecule has 1 aliphatic rings. The standard InChI is InChI=1S/C16H19Cl2N3O2/c1-23-7-5-19-8-14(22)21-6-4-13-11(9-21)10-2-3-12(17)15(18)16(10)20-13/h2-3,19-20H,4-9H2,1H3. The highest BCUT2D eigenvalue weighted by molar-refractivity contribution is 6.45. The molecule has 3 rings (SSSR count). The summed E-state index contributed by atoms with van der Waals surface area (Å²) in [6, 6.07) is 3.76. The quantitative estimate of drug-likeness (QED) is 0.810. The number of hydrogen-bond donors (Lipinski definition) is 2. The third-order valence-electron chi connectivity index (χ3n) is 4.15. The summed E-state index contributed by atoms with van der Waals surface area (Å²) >= 11 is 12.4. The second-order valence-electron chi connectivity index (χ2n) is 5.60. The van der Waals surface area contributed by atoms with Crippen molar-refractivity contribution in [2.24, 2.45) is 0 Å². The number of carbonyl (C=O) groups excluding carboxylic acids is 1. The highest BCUT2D eigenvalue weighted by atomic mass is 35.5. The molecule has 2 aromatic rings. The number of aromatic amines is 1. The number of nitrogens with one attached hydrogen (secondary N) is 2. The minimum Gasteiger partial charge on any atom is -0.383 e. The summed E-state index contributed by atoms with van der Waals surface area (Å²) < 4.78 is 4.96. The Bertz CT molecular complexity index is 730. The van der Waals surface area contributed by atoms with Crippen LogP contribution in [0.1, 0.15) is 11.3 Å². The van der Waals surface area contributed by atoms with E-state index in [-0.39, 0.29) is 5.91 Å². The van der Waals surface area contributed by atoms with Gasteiger partial charge in [-0.15, -0.1) is 0 Å². The third kappa shape index (κ3) is 3.33. The fraction of sp³-hybridized carbons (Fsp3) is 0.438. The van der Waals surface area contributed by atoms with Gasteiger partial charge in [0.25, 0.3) is 0 Å². The number of H-pyrrole nitrogens is 1. The summed E-state index contributed by atoms with van der Waals surface area (Å²) in [7, 11) is 1.64. The van der Waals surface area contributed by atoms with Crippen molar-refractivity contribution in [1.29, 1.82) is 0 Å². The Hall–Kier alpha value is -1.27. The lowest BCUT2D eigenvalue weighted by molar-refractivity contribution is -0.131. The predicted octanol–water partition coefficient (Wildman–Crippen LogP) is 2.60. The molecule has 2 N–H and O–H groups in total. The Morgan fingerprint density at radius 1 is 1.43 bits per heavy atom. The van der Waals surface area contributed by atoms with Crippen molar-refractivity contribution in [3.63, 3.8) is 0 Å². The highest BCUT2D eigenvalue weighted by Gasteiger charge is 2.24. The number of ether oxygens (including phenoxy) is 1. The van der Waals surface area contributed by atoms with E-state index in [2.05, 4.69) is 10.3 Å². The van der Waals surface area contributed by atoms with E-state index in [1.807, 2.05) is 11.0 Å². The summed E-state index contributed by atoms with van der Waals surface area (Å²) in [6.07, 6.45) is 0.793. The van der Waals surface area contributed by atoms with Gasteiger partial charge >= 0.3 is 0 Å². The first-order valence-corrected chi connectivity index (χ1v) is 8.32. The van der Waals surface area contributed by atoms with Crippen LogP contribution < -0.4 is 5.32 Å².